The second-order valence-electron chi connectivity index (χ2n) is 7.49. The lowest BCUT2D eigenvalue weighted by atomic mass is 10.2. The number of fused-ring (bicyclic) bond motifs is 1. The van der Waals surface area contributed by atoms with Crippen LogP contribution in [0.5, 0.6) is 0 Å². The third kappa shape index (κ3) is 5.00. The molecule has 1 aromatic heterocycles. The van der Waals surface area contributed by atoms with E-state index >= 15 is 0 Å². The van der Waals surface area contributed by atoms with Crippen LogP contribution in [0.15, 0.2) is 52.5 Å². The summed E-state index contributed by atoms with van der Waals surface area (Å²) in [6.07, 6.45) is 0. The number of sulfonamides is 1. The first-order valence-corrected chi connectivity index (χ1v) is 13.1. The predicted octanol–water partition coefficient (Wildman–Crippen LogP) is 4.51. The molecule has 7 nitrogen and oxygen atoms in total. The molecule has 1 unspecified atom stereocenters. The summed E-state index contributed by atoms with van der Waals surface area (Å²) in [5, 5.41) is 3.24. The van der Waals surface area contributed by atoms with Gasteiger partial charge in [0.15, 0.2) is 5.16 Å². The lowest BCUT2D eigenvalue weighted by molar-refractivity contribution is -0.115. The first kappa shape index (κ1) is 24.3. The molecular weight excluding hydrogens is 444 g/mol. The number of aryl methyl sites for hydroxylation is 2. The Morgan fingerprint density at radius 1 is 1.12 bits per heavy atom. The molecule has 9 heteroatoms. The molecule has 1 atom stereocenters. The molecule has 3 rings (SSSR count). The molecule has 1 amide bonds. The molecule has 1 heterocycles. The van der Waals surface area contributed by atoms with Gasteiger partial charge in [-0.3, -0.25) is 4.79 Å². The maximum Gasteiger partial charge on any atom is 0.243 e. The fourth-order valence-corrected chi connectivity index (χ4v) is 5.92. The Labute approximate surface area is 194 Å². The van der Waals surface area contributed by atoms with Gasteiger partial charge < -0.3 is 9.88 Å². The molecule has 172 valence electrons. The third-order valence-electron chi connectivity index (χ3n) is 5.31. The van der Waals surface area contributed by atoms with E-state index in [1.54, 1.807) is 18.2 Å². The minimum atomic E-state index is -3.56. The standard InChI is InChI=1S/C23H30N4O3S2/c1-6-26(7-2)32(29,30)19-13-14-21-20(15-19)25-23(27(21)8-3)31-17(5)22(28)24-18-11-9-16(4)10-12-18/h9-15,17H,6-8H2,1-5H3,(H,24,28). The number of amides is 1. The van der Waals surface area contributed by atoms with Crippen LogP contribution in [0.25, 0.3) is 11.0 Å². The Bertz CT molecular complexity index is 1200. The minimum absolute atomic E-state index is 0.113. The summed E-state index contributed by atoms with van der Waals surface area (Å²) in [5.41, 5.74) is 3.33. The van der Waals surface area contributed by atoms with Crippen LogP contribution >= 0.6 is 11.8 Å². The summed E-state index contributed by atoms with van der Waals surface area (Å²) in [6, 6.07) is 12.7. The van der Waals surface area contributed by atoms with Crippen molar-refractivity contribution in [2.24, 2.45) is 0 Å². The number of hydrogen-bond acceptors (Lipinski definition) is 5. The number of anilines is 1. The number of carbonyl (C=O) groups is 1. The Balaban J connectivity index is 1.86. The quantitative estimate of drug-likeness (QED) is 0.461. The molecule has 0 radical (unpaired) electrons. The maximum atomic E-state index is 12.9. The van der Waals surface area contributed by atoms with E-state index in [0.29, 0.717) is 30.3 Å². The summed E-state index contributed by atoms with van der Waals surface area (Å²) in [5.74, 6) is -0.113. The van der Waals surface area contributed by atoms with Crippen molar-refractivity contribution in [2.75, 3.05) is 18.4 Å². The lowest BCUT2D eigenvalue weighted by Gasteiger charge is -2.18. The van der Waals surface area contributed by atoms with Gasteiger partial charge in [0.1, 0.15) is 0 Å². The predicted molar refractivity (Wildman–Crippen MR) is 131 cm³/mol. The van der Waals surface area contributed by atoms with Crippen LogP contribution in [0.3, 0.4) is 0 Å². The summed E-state index contributed by atoms with van der Waals surface area (Å²) in [7, 11) is -3.56. The minimum Gasteiger partial charge on any atom is -0.325 e. The average Bonchev–Trinajstić information content (AvgIpc) is 3.11. The Hall–Kier alpha value is -2.36. The first-order valence-electron chi connectivity index (χ1n) is 10.8. The van der Waals surface area contributed by atoms with Gasteiger partial charge in [0.25, 0.3) is 0 Å². The fourth-order valence-electron chi connectivity index (χ4n) is 3.45. The molecule has 0 spiro atoms. The summed E-state index contributed by atoms with van der Waals surface area (Å²) >= 11 is 1.36. The average molecular weight is 475 g/mol. The zero-order valence-electron chi connectivity index (χ0n) is 19.1. The highest BCUT2D eigenvalue weighted by Gasteiger charge is 2.24. The van der Waals surface area contributed by atoms with Crippen molar-refractivity contribution < 1.29 is 13.2 Å². The molecule has 0 fully saturated rings. The van der Waals surface area contributed by atoms with E-state index in [9.17, 15) is 13.2 Å². The van der Waals surface area contributed by atoms with Crippen LogP contribution in [0.2, 0.25) is 0 Å². The van der Waals surface area contributed by atoms with Gasteiger partial charge in [-0.15, -0.1) is 0 Å². The highest BCUT2D eigenvalue weighted by atomic mass is 32.2. The number of nitrogens with zero attached hydrogens (tertiary/aromatic N) is 3. The monoisotopic (exact) mass is 474 g/mol. The Morgan fingerprint density at radius 3 is 2.38 bits per heavy atom. The van der Waals surface area contributed by atoms with Crippen molar-refractivity contribution in [3.63, 3.8) is 0 Å². The van der Waals surface area contributed by atoms with Gasteiger partial charge in [0, 0.05) is 25.3 Å². The normalized spacial score (nSPS) is 12.9. The highest BCUT2D eigenvalue weighted by Crippen LogP contribution is 2.30. The lowest BCUT2D eigenvalue weighted by Crippen LogP contribution is -2.30. The summed E-state index contributed by atoms with van der Waals surface area (Å²) < 4.78 is 29.2. The van der Waals surface area contributed by atoms with Gasteiger partial charge in [0.2, 0.25) is 15.9 Å². The number of thioether (sulfide) groups is 1. The van der Waals surface area contributed by atoms with Crippen LogP contribution in [0.1, 0.15) is 33.3 Å². The second kappa shape index (κ2) is 10.1. The van der Waals surface area contributed by atoms with Crippen LogP contribution in [0, 0.1) is 6.92 Å². The molecule has 3 aromatic rings. The molecule has 32 heavy (non-hydrogen) atoms. The summed E-state index contributed by atoms with van der Waals surface area (Å²) in [6.45, 7) is 11.0. The van der Waals surface area contributed by atoms with E-state index in [0.717, 1.165) is 16.8 Å². The van der Waals surface area contributed by atoms with Crippen molar-refractivity contribution in [3.8, 4) is 0 Å². The zero-order chi connectivity index (χ0) is 23.5. The number of rotatable bonds is 9. The van der Waals surface area contributed by atoms with E-state index in [1.165, 1.54) is 16.1 Å². The molecule has 0 saturated carbocycles. The second-order valence-corrected chi connectivity index (χ2v) is 10.7. The van der Waals surface area contributed by atoms with Crippen molar-refractivity contribution >= 4 is 44.4 Å². The maximum absolute atomic E-state index is 12.9. The highest BCUT2D eigenvalue weighted by molar-refractivity contribution is 8.00. The molecule has 2 aromatic carbocycles. The van der Waals surface area contributed by atoms with Crippen molar-refractivity contribution in [2.45, 2.75) is 56.5 Å². The number of carbonyl (C=O) groups excluding carboxylic acids is 1. The van der Waals surface area contributed by atoms with Gasteiger partial charge >= 0.3 is 0 Å². The molecule has 0 saturated heterocycles. The van der Waals surface area contributed by atoms with E-state index in [-0.39, 0.29) is 16.1 Å². The van der Waals surface area contributed by atoms with Crippen molar-refractivity contribution in [3.05, 3.63) is 48.0 Å². The smallest absolute Gasteiger partial charge is 0.243 e. The van der Waals surface area contributed by atoms with E-state index in [4.69, 9.17) is 0 Å². The van der Waals surface area contributed by atoms with Crippen LogP contribution < -0.4 is 5.32 Å². The number of hydrogen-bond donors (Lipinski definition) is 1. The number of aromatic nitrogens is 2. The SMILES string of the molecule is CCN(CC)S(=O)(=O)c1ccc2c(c1)nc(SC(C)C(=O)Nc1ccc(C)cc1)n2CC. The zero-order valence-corrected chi connectivity index (χ0v) is 20.8. The van der Waals surface area contributed by atoms with Crippen molar-refractivity contribution in [1.29, 1.82) is 0 Å². The molecule has 1 N–H and O–H groups in total. The number of nitrogens with one attached hydrogen (secondary N) is 1. The fraction of sp³-hybridized carbons (Fsp3) is 0.391. The first-order chi connectivity index (χ1) is 15.2. The molecule has 0 aliphatic rings. The van der Waals surface area contributed by atoms with Gasteiger partial charge in [-0.05, 0) is 51.1 Å². The Kier molecular flexibility index (Phi) is 7.63. The number of benzene rings is 2. The van der Waals surface area contributed by atoms with Crippen LogP contribution in [-0.4, -0.2) is 46.5 Å². The van der Waals surface area contributed by atoms with Gasteiger partial charge in [-0.25, -0.2) is 13.4 Å². The molecular formula is C23H30N4O3S2. The molecule has 0 aliphatic heterocycles. The topological polar surface area (TPSA) is 84.3 Å². The molecule has 0 bridgehead atoms. The van der Waals surface area contributed by atoms with Crippen LogP contribution in [-0.2, 0) is 21.4 Å². The van der Waals surface area contributed by atoms with E-state index in [2.05, 4.69) is 10.3 Å². The summed E-state index contributed by atoms with van der Waals surface area (Å²) in [4.78, 5) is 17.6. The van der Waals surface area contributed by atoms with Crippen molar-refractivity contribution in [1.82, 2.24) is 13.9 Å². The van der Waals surface area contributed by atoms with Gasteiger partial charge in [-0.1, -0.05) is 43.3 Å². The Morgan fingerprint density at radius 2 is 1.78 bits per heavy atom. The van der Waals surface area contributed by atoms with E-state index < -0.39 is 10.0 Å². The number of imidazole rings is 1. The van der Waals surface area contributed by atoms with E-state index in [1.807, 2.05) is 63.5 Å². The van der Waals surface area contributed by atoms with Crippen LogP contribution in [0.4, 0.5) is 5.69 Å². The third-order valence-corrected chi connectivity index (χ3v) is 8.45. The largest absolute Gasteiger partial charge is 0.325 e. The van der Waals surface area contributed by atoms with Gasteiger partial charge in [-0.2, -0.15) is 4.31 Å². The van der Waals surface area contributed by atoms with Gasteiger partial charge in [0.05, 0.1) is 21.2 Å². The molecule has 0 aliphatic carbocycles.